The number of rotatable bonds is 7. The van der Waals surface area contributed by atoms with Gasteiger partial charge in [0.15, 0.2) is 0 Å². The van der Waals surface area contributed by atoms with Gasteiger partial charge in [0.25, 0.3) is 0 Å². The minimum absolute atomic E-state index is 0.0449. The van der Waals surface area contributed by atoms with Gasteiger partial charge in [0.1, 0.15) is 5.75 Å². The Bertz CT molecular complexity index is 753. The Morgan fingerprint density at radius 1 is 1.10 bits per heavy atom. The molecule has 1 fully saturated rings. The first kappa shape index (κ1) is 21.2. The van der Waals surface area contributed by atoms with E-state index in [-0.39, 0.29) is 12.1 Å². The second-order valence-electron chi connectivity index (χ2n) is 8.06. The molecule has 0 aliphatic carbocycles. The SMILES string of the molecule is COc1ccc(C(CNC(=O)N2CCC(Cc3ccccc3)CC2)N(C)C)cc1. The highest BCUT2D eigenvalue weighted by molar-refractivity contribution is 5.74. The number of hydrogen-bond donors (Lipinski definition) is 1. The van der Waals surface area contributed by atoms with Crippen LogP contribution in [0.4, 0.5) is 4.79 Å². The van der Waals surface area contributed by atoms with Crippen LogP contribution >= 0.6 is 0 Å². The van der Waals surface area contributed by atoms with Gasteiger partial charge >= 0.3 is 6.03 Å². The van der Waals surface area contributed by atoms with Crippen LogP contribution < -0.4 is 10.1 Å². The molecule has 5 nitrogen and oxygen atoms in total. The minimum Gasteiger partial charge on any atom is -0.497 e. The molecule has 2 aromatic carbocycles. The van der Waals surface area contributed by atoms with Crippen molar-refractivity contribution in [1.29, 1.82) is 0 Å². The molecule has 1 aliphatic rings. The van der Waals surface area contributed by atoms with Gasteiger partial charge in [-0.05, 0) is 62.5 Å². The van der Waals surface area contributed by atoms with E-state index >= 15 is 0 Å². The number of likely N-dealkylation sites (tertiary alicyclic amines) is 1. The minimum atomic E-state index is 0.0449. The zero-order valence-electron chi connectivity index (χ0n) is 17.8. The van der Waals surface area contributed by atoms with Gasteiger partial charge in [-0.2, -0.15) is 0 Å². The lowest BCUT2D eigenvalue weighted by Gasteiger charge is -2.33. The monoisotopic (exact) mass is 395 g/mol. The summed E-state index contributed by atoms with van der Waals surface area (Å²) in [6.07, 6.45) is 3.24. The number of nitrogens with zero attached hydrogens (tertiary/aromatic N) is 2. The van der Waals surface area contributed by atoms with Gasteiger partial charge in [-0.25, -0.2) is 4.79 Å². The largest absolute Gasteiger partial charge is 0.497 e. The van der Waals surface area contributed by atoms with E-state index in [4.69, 9.17) is 4.74 Å². The van der Waals surface area contributed by atoms with Crippen LogP contribution in [0.25, 0.3) is 0 Å². The molecule has 1 unspecified atom stereocenters. The van der Waals surface area contributed by atoms with Crippen LogP contribution in [0, 0.1) is 5.92 Å². The third-order valence-electron chi connectivity index (χ3n) is 5.84. The number of urea groups is 1. The Hall–Kier alpha value is -2.53. The number of carbonyl (C=O) groups excluding carboxylic acids is 1. The Labute approximate surface area is 174 Å². The van der Waals surface area contributed by atoms with E-state index in [1.54, 1.807) is 7.11 Å². The maximum Gasteiger partial charge on any atom is 0.317 e. The van der Waals surface area contributed by atoms with Crippen LogP contribution in [-0.2, 0) is 6.42 Å². The third kappa shape index (κ3) is 5.97. The zero-order valence-corrected chi connectivity index (χ0v) is 17.8. The number of ether oxygens (including phenoxy) is 1. The number of carbonyl (C=O) groups is 1. The Kier molecular flexibility index (Phi) is 7.53. The van der Waals surface area contributed by atoms with E-state index in [1.165, 1.54) is 5.56 Å². The van der Waals surface area contributed by atoms with Crippen LogP contribution in [0.3, 0.4) is 0 Å². The molecule has 1 heterocycles. The lowest BCUT2D eigenvalue weighted by Crippen LogP contribution is -2.46. The first-order valence-electron chi connectivity index (χ1n) is 10.4. The summed E-state index contributed by atoms with van der Waals surface area (Å²) < 4.78 is 5.24. The van der Waals surface area contributed by atoms with E-state index in [1.807, 2.05) is 31.1 Å². The van der Waals surface area contributed by atoms with Crippen LogP contribution in [0.2, 0.25) is 0 Å². The van der Waals surface area contributed by atoms with Crippen LogP contribution in [0.5, 0.6) is 5.75 Å². The van der Waals surface area contributed by atoms with Gasteiger partial charge in [-0.15, -0.1) is 0 Å². The fourth-order valence-corrected chi connectivity index (χ4v) is 4.01. The summed E-state index contributed by atoms with van der Waals surface area (Å²) in [5.74, 6) is 1.50. The third-order valence-corrected chi connectivity index (χ3v) is 5.84. The lowest BCUT2D eigenvalue weighted by atomic mass is 9.90. The molecule has 29 heavy (non-hydrogen) atoms. The normalized spacial score (nSPS) is 15.9. The topological polar surface area (TPSA) is 44.8 Å². The van der Waals surface area contributed by atoms with Crippen molar-refractivity contribution in [3.8, 4) is 5.75 Å². The molecule has 3 rings (SSSR count). The van der Waals surface area contributed by atoms with Gasteiger partial charge < -0.3 is 19.9 Å². The number of nitrogens with one attached hydrogen (secondary N) is 1. The molecule has 1 atom stereocenters. The van der Waals surface area contributed by atoms with E-state index in [0.29, 0.717) is 12.5 Å². The number of amides is 2. The van der Waals surface area contributed by atoms with Gasteiger partial charge in [0.05, 0.1) is 13.2 Å². The number of likely N-dealkylation sites (N-methyl/N-ethyl adjacent to an activating group) is 1. The molecular formula is C24H33N3O2. The van der Waals surface area contributed by atoms with E-state index in [0.717, 1.165) is 43.7 Å². The molecule has 1 saturated heterocycles. The van der Waals surface area contributed by atoms with E-state index < -0.39 is 0 Å². The van der Waals surface area contributed by atoms with Crippen molar-refractivity contribution in [2.75, 3.05) is 40.8 Å². The molecule has 0 spiro atoms. The molecule has 156 valence electrons. The average Bonchev–Trinajstić information content (AvgIpc) is 2.75. The van der Waals surface area contributed by atoms with E-state index in [9.17, 15) is 4.79 Å². The standard InChI is InChI=1S/C24H33N3O2/c1-26(2)23(21-9-11-22(29-3)12-10-21)18-25-24(28)27-15-13-20(14-16-27)17-19-7-5-4-6-8-19/h4-12,20,23H,13-18H2,1-3H3,(H,25,28). The summed E-state index contributed by atoms with van der Waals surface area (Å²) in [4.78, 5) is 16.8. The van der Waals surface area contributed by atoms with Crippen molar-refractivity contribution >= 4 is 6.03 Å². The van der Waals surface area contributed by atoms with Crippen LogP contribution in [-0.4, -0.2) is 56.7 Å². The van der Waals surface area contributed by atoms with E-state index in [2.05, 4.69) is 52.7 Å². The van der Waals surface area contributed by atoms with Gasteiger partial charge in [-0.1, -0.05) is 42.5 Å². The fraction of sp³-hybridized carbons (Fsp3) is 0.458. The summed E-state index contributed by atoms with van der Waals surface area (Å²) in [6.45, 7) is 2.25. The maximum atomic E-state index is 12.7. The van der Waals surface area contributed by atoms with Gasteiger partial charge in [0, 0.05) is 19.6 Å². The van der Waals surface area contributed by atoms with Crippen molar-refractivity contribution in [2.45, 2.75) is 25.3 Å². The van der Waals surface area contributed by atoms with Crippen molar-refractivity contribution in [3.63, 3.8) is 0 Å². The summed E-state index contributed by atoms with van der Waals surface area (Å²) in [7, 11) is 5.74. The first-order valence-corrected chi connectivity index (χ1v) is 10.4. The smallest absolute Gasteiger partial charge is 0.317 e. The van der Waals surface area contributed by atoms with Crippen LogP contribution in [0.15, 0.2) is 54.6 Å². The van der Waals surface area contributed by atoms with Crippen LogP contribution in [0.1, 0.15) is 30.0 Å². The molecule has 2 amide bonds. The second-order valence-corrected chi connectivity index (χ2v) is 8.06. The average molecular weight is 396 g/mol. The Morgan fingerprint density at radius 3 is 2.34 bits per heavy atom. The summed E-state index contributed by atoms with van der Waals surface area (Å²) in [6, 6.07) is 18.9. The number of methoxy groups -OCH3 is 1. The van der Waals surface area contributed by atoms with Gasteiger partial charge in [-0.3, -0.25) is 0 Å². The lowest BCUT2D eigenvalue weighted by molar-refractivity contribution is 0.166. The highest BCUT2D eigenvalue weighted by Gasteiger charge is 2.24. The molecule has 0 radical (unpaired) electrons. The highest BCUT2D eigenvalue weighted by Crippen LogP contribution is 2.23. The molecular weight excluding hydrogens is 362 g/mol. The van der Waals surface area contributed by atoms with Crippen molar-refractivity contribution in [3.05, 3.63) is 65.7 Å². The van der Waals surface area contributed by atoms with Crippen molar-refractivity contribution in [2.24, 2.45) is 5.92 Å². The van der Waals surface area contributed by atoms with Crippen molar-refractivity contribution < 1.29 is 9.53 Å². The number of piperidine rings is 1. The molecule has 1 aliphatic heterocycles. The predicted octanol–water partition coefficient (Wildman–Crippen LogP) is 3.96. The maximum absolute atomic E-state index is 12.7. The molecule has 0 aromatic heterocycles. The summed E-state index contributed by atoms with van der Waals surface area (Å²) in [5.41, 5.74) is 2.56. The molecule has 0 bridgehead atoms. The number of benzene rings is 2. The quantitative estimate of drug-likeness (QED) is 0.772. The highest BCUT2D eigenvalue weighted by atomic mass is 16.5. The van der Waals surface area contributed by atoms with Crippen molar-refractivity contribution in [1.82, 2.24) is 15.1 Å². The number of hydrogen-bond acceptors (Lipinski definition) is 3. The molecule has 0 saturated carbocycles. The van der Waals surface area contributed by atoms with Gasteiger partial charge in [0.2, 0.25) is 0 Å². The fourth-order valence-electron chi connectivity index (χ4n) is 4.01. The second kappa shape index (κ2) is 10.3. The first-order chi connectivity index (χ1) is 14.1. The molecule has 1 N–H and O–H groups in total. The predicted molar refractivity (Wildman–Crippen MR) is 117 cm³/mol. The Morgan fingerprint density at radius 2 is 1.76 bits per heavy atom. The summed E-state index contributed by atoms with van der Waals surface area (Å²) >= 11 is 0. The summed E-state index contributed by atoms with van der Waals surface area (Å²) in [5, 5.41) is 3.14. The molecule has 2 aromatic rings. The Balaban J connectivity index is 1.48. The zero-order chi connectivity index (χ0) is 20.6. The molecule has 5 heteroatoms.